The van der Waals surface area contributed by atoms with Gasteiger partial charge in [0.25, 0.3) is 0 Å². The third kappa shape index (κ3) is 1.95. The lowest BCUT2D eigenvalue weighted by molar-refractivity contribution is -0.233. The van der Waals surface area contributed by atoms with Gasteiger partial charge in [0.1, 0.15) is 6.10 Å². The van der Waals surface area contributed by atoms with Crippen molar-refractivity contribution in [1.82, 2.24) is 5.32 Å². The van der Waals surface area contributed by atoms with E-state index in [4.69, 9.17) is 4.84 Å². The van der Waals surface area contributed by atoms with Crippen molar-refractivity contribution >= 4 is 11.7 Å². The monoisotopic (exact) mass is 304 g/mol. The number of oxime groups is 1. The van der Waals surface area contributed by atoms with Crippen molar-refractivity contribution in [2.75, 3.05) is 13.1 Å². The average molecular weight is 304 g/mol. The van der Waals surface area contributed by atoms with Gasteiger partial charge in [0.15, 0.2) is 5.60 Å². The van der Waals surface area contributed by atoms with Crippen molar-refractivity contribution in [1.29, 1.82) is 0 Å². The summed E-state index contributed by atoms with van der Waals surface area (Å²) >= 11 is 0. The molecule has 2 aliphatic carbocycles. The minimum absolute atomic E-state index is 0.393. The number of hydrogen-bond acceptors (Lipinski definition) is 5. The summed E-state index contributed by atoms with van der Waals surface area (Å²) in [5.41, 5.74) is 0.0832. The zero-order valence-electron chi connectivity index (χ0n) is 11.2. The highest BCUT2D eigenvalue weighted by Gasteiger charge is 2.63. The van der Waals surface area contributed by atoms with Crippen LogP contribution in [0.2, 0.25) is 0 Å². The van der Waals surface area contributed by atoms with E-state index in [1.165, 1.54) is 0 Å². The van der Waals surface area contributed by atoms with E-state index in [2.05, 4.69) is 15.2 Å². The summed E-state index contributed by atoms with van der Waals surface area (Å²) < 4.78 is 41.4. The molecule has 4 atom stereocenters. The molecule has 2 aliphatic heterocycles. The fraction of sp³-hybridized carbons (Fsp3) is 0.846. The van der Waals surface area contributed by atoms with E-state index in [1.54, 1.807) is 0 Å². The van der Waals surface area contributed by atoms with E-state index in [-0.39, 0.29) is 0 Å². The van der Waals surface area contributed by atoms with Gasteiger partial charge in [0, 0.05) is 12.3 Å². The van der Waals surface area contributed by atoms with Crippen LogP contribution in [0.25, 0.3) is 0 Å². The lowest BCUT2D eigenvalue weighted by atomic mass is 9.73. The SMILES string of the molecule is O=C(OC1CCC12CC(C1C3CNCC31)=NO2)C(F)(F)F. The summed E-state index contributed by atoms with van der Waals surface area (Å²) in [5.74, 6) is -0.584. The first-order valence-electron chi connectivity index (χ1n) is 7.14. The van der Waals surface area contributed by atoms with Crippen LogP contribution in [0.15, 0.2) is 5.16 Å². The Morgan fingerprint density at radius 3 is 2.67 bits per heavy atom. The van der Waals surface area contributed by atoms with Gasteiger partial charge in [-0.2, -0.15) is 13.2 Å². The summed E-state index contributed by atoms with van der Waals surface area (Å²) in [6, 6.07) is 0. The third-order valence-corrected chi connectivity index (χ3v) is 5.20. The Kier molecular flexibility index (Phi) is 2.62. The van der Waals surface area contributed by atoms with E-state index in [9.17, 15) is 18.0 Å². The van der Waals surface area contributed by atoms with Crippen LogP contribution in [0.4, 0.5) is 13.2 Å². The first-order valence-corrected chi connectivity index (χ1v) is 7.14. The number of hydrogen-bond donors (Lipinski definition) is 1. The van der Waals surface area contributed by atoms with Gasteiger partial charge >= 0.3 is 12.1 Å². The number of esters is 1. The number of carbonyl (C=O) groups is 1. The molecule has 3 fully saturated rings. The van der Waals surface area contributed by atoms with Crippen molar-refractivity contribution in [3.05, 3.63) is 0 Å². The Hall–Kier alpha value is -1.31. The molecule has 0 amide bonds. The van der Waals surface area contributed by atoms with Gasteiger partial charge in [-0.1, -0.05) is 5.16 Å². The second-order valence-electron chi connectivity index (χ2n) is 6.36. The fourth-order valence-electron chi connectivity index (χ4n) is 3.87. The van der Waals surface area contributed by atoms with Crippen molar-refractivity contribution in [2.24, 2.45) is 22.9 Å². The molecule has 0 bridgehead atoms. The lowest BCUT2D eigenvalue weighted by Gasteiger charge is -2.43. The van der Waals surface area contributed by atoms with Gasteiger partial charge in [-0.05, 0) is 37.8 Å². The number of halogens is 3. The molecule has 0 aromatic rings. The summed E-state index contributed by atoms with van der Waals surface area (Å²) in [7, 11) is 0. The molecule has 4 rings (SSSR count). The molecule has 4 unspecified atom stereocenters. The number of rotatable bonds is 2. The highest BCUT2D eigenvalue weighted by atomic mass is 19.4. The molecular weight excluding hydrogens is 289 g/mol. The maximum Gasteiger partial charge on any atom is 0.490 e. The summed E-state index contributed by atoms with van der Waals surface area (Å²) in [4.78, 5) is 16.4. The van der Waals surface area contributed by atoms with Gasteiger partial charge in [-0.15, -0.1) is 0 Å². The maximum atomic E-state index is 12.3. The van der Waals surface area contributed by atoms with E-state index in [1.807, 2.05) is 0 Å². The zero-order valence-corrected chi connectivity index (χ0v) is 11.2. The normalized spacial score (nSPS) is 43.9. The van der Waals surface area contributed by atoms with E-state index in [0.717, 1.165) is 18.8 Å². The highest BCUT2D eigenvalue weighted by Crippen LogP contribution is 2.54. The number of nitrogens with one attached hydrogen (secondary N) is 1. The van der Waals surface area contributed by atoms with Gasteiger partial charge in [-0.25, -0.2) is 4.79 Å². The second-order valence-corrected chi connectivity index (χ2v) is 6.36. The Labute approximate surface area is 118 Å². The van der Waals surface area contributed by atoms with Crippen molar-refractivity contribution < 1.29 is 27.5 Å². The smallest absolute Gasteiger partial charge is 0.451 e. The number of carbonyl (C=O) groups excluding carboxylic acids is 1. The van der Waals surface area contributed by atoms with Crippen LogP contribution in [0.5, 0.6) is 0 Å². The van der Waals surface area contributed by atoms with Crippen LogP contribution >= 0.6 is 0 Å². The van der Waals surface area contributed by atoms with Crippen LogP contribution in [0.1, 0.15) is 19.3 Å². The van der Waals surface area contributed by atoms with E-state index in [0.29, 0.717) is 37.0 Å². The quantitative estimate of drug-likeness (QED) is 0.780. The number of alkyl halides is 3. The van der Waals surface area contributed by atoms with Crippen LogP contribution in [0, 0.1) is 17.8 Å². The van der Waals surface area contributed by atoms with E-state index < -0.39 is 23.9 Å². The molecular formula is C13H15F3N2O3. The molecule has 1 N–H and O–H groups in total. The largest absolute Gasteiger partial charge is 0.490 e. The van der Waals surface area contributed by atoms with Crippen LogP contribution in [0.3, 0.4) is 0 Å². The summed E-state index contributed by atoms with van der Waals surface area (Å²) in [6.45, 7) is 1.93. The molecule has 4 aliphatic rings. The highest BCUT2D eigenvalue weighted by molar-refractivity contribution is 5.91. The minimum Gasteiger partial charge on any atom is -0.451 e. The fourth-order valence-corrected chi connectivity index (χ4v) is 3.87. The number of piperidine rings is 1. The van der Waals surface area contributed by atoms with Gasteiger partial charge < -0.3 is 14.9 Å². The molecule has 1 saturated heterocycles. The molecule has 21 heavy (non-hydrogen) atoms. The lowest BCUT2D eigenvalue weighted by Crippen LogP contribution is -2.55. The first-order chi connectivity index (χ1) is 9.91. The molecule has 0 aromatic heterocycles. The summed E-state index contributed by atoms with van der Waals surface area (Å²) in [6.07, 6.45) is -4.34. The molecule has 8 heteroatoms. The predicted octanol–water partition coefficient (Wildman–Crippen LogP) is 1.23. The Morgan fingerprint density at radius 1 is 1.38 bits per heavy atom. The minimum atomic E-state index is -4.96. The van der Waals surface area contributed by atoms with Crippen molar-refractivity contribution in [3.63, 3.8) is 0 Å². The van der Waals surface area contributed by atoms with Gasteiger partial charge in [-0.3, -0.25) is 0 Å². The van der Waals surface area contributed by atoms with Crippen molar-refractivity contribution in [2.45, 2.75) is 37.1 Å². The number of nitrogens with zero attached hydrogens (tertiary/aromatic N) is 1. The number of fused-ring (bicyclic) bond motifs is 1. The van der Waals surface area contributed by atoms with Crippen LogP contribution in [-0.4, -0.2) is 42.7 Å². The topological polar surface area (TPSA) is 59.9 Å². The summed E-state index contributed by atoms with van der Waals surface area (Å²) in [5, 5.41) is 7.38. The second kappa shape index (κ2) is 4.12. The first kappa shape index (κ1) is 13.4. The predicted molar refractivity (Wildman–Crippen MR) is 64.4 cm³/mol. The molecule has 2 heterocycles. The molecule has 5 nitrogen and oxygen atoms in total. The number of ether oxygens (including phenoxy) is 1. The molecule has 116 valence electrons. The standard InChI is InChI=1S/C13H15F3N2O3/c14-13(15,16)11(19)20-9-1-2-12(9)3-8(18-21-12)10-6-4-17-5-7(6)10/h6-7,9-10,17H,1-5H2. The zero-order chi connectivity index (χ0) is 14.8. The van der Waals surface area contributed by atoms with Gasteiger partial charge in [0.2, 0.25) is 0 Å². The maximum absolute atomic E-state index is 12.3. The Morgan fingerprint density at radius 2 is 2.10 bits per heavy atom. The van der Waals surface area contributed by atoms with E-state index >= 15 is 0 Å². The van der Waals surface area contributed by atoms with Crippen LogP contribution in [-0.2, 0) is 14.4 Å². The molecule has 2 saturated carbocycles. The molecule has 0 radical (unpaired) electrons. The Balaban J connectivity index is 1.38. The van der Waals surface area contributed by atoms with Crippen LogP contribution < -0.4 is 5.32 Å². The Bertz CT molecular complexity index is 511. The van der Waals surface area contributed by atoms with Gasteiger partial charge in [0.05, 0.1) is 5.71 Å². The molecule has 0 aromatic carbocycles. The van der Waals surface area contributed by atoms with Crippen molar-refractivity contribution in [3.8, 4) is 0 Å². The average Bonchev–Trinajstić information content (AvgIpc) is 2.86. The third-order valence-electron chi connectivity index (χ3n) is 5.20. The molecule has 1 spiro atoms.